The van der Waals surface area contributed by atoms with Gasteiger partial charge in [-0.2, -0.15) is 5.26 Å². The average Bonchev–Trinajstić information content (AvgIpc) is 3.02. The Morgan fingerprint density at radius 3 is 2.83 bits per heavy atom. The number of carbonyl (C=O) groups is 1. The zero-order valence-corrected chi connectivity index (χ0v) is 13.9. The molecule has 0 saturated carbocycles. The molecular weight excluding hydrogens is 304 g/mol. The lowest BCUT2D eigenvalue weighted by atomic mass is 9.99. The number of nitrogens with one attached hydrogen (secondary N) is 1. The van der Waals surface area contributed by atoms with E-state index in [4.69, 9.17) is 5.26 Å². The first-order valence-corrected chi connectivity index (χ1v) is 8.02. The summed E-state index contributed by atoms with van der Waals surface area (Å²) in [4.78, 5) is 22.7. The van der Waals surface area contributed by atoms with E-state index in [0.29, 0.717) is 11.4 Å². The van der Waals surface area contributed by atoms with Gasteiger partial charge < -0.3 is 14.8 Å². The molecule has 1 aliphatic rings. The zero-order chi connectivity index (χ0) is 17.1. The van der Waals surface area contributed by atoms with E-state index in [1.165, 1.54) is 6.20 Å². The maximum Gasteiger partial charge on any atom is 0.267 e. The maximum absolute atomic E-state index is 12.0. The van der Waals surface area contributed by atoms with Crippen molar-refractivity contribution in [3.63, 3.8) is 0 Å². The van der Waals surface area contributed by atoms with Gasteiger partial charge in [-0.3, -0.25) is 4.79 Å². The third-order valence-corrected chi connectivity index (χ3v) is 4.51. The molecule has 1 atom stereocenters. The predicted molar refractivity (Wildman–Crippen MR) is 89.5 cm³/mol. The van der Waals surface area contributed by atoms with Crippen LogP contribution in [0, 0.1) is 11.3 Å². The van der Waals surface area contributed by atoms with Gasteiger partial charge in [0.2, 0.25) is 0 Å². The second kappa shape index (κ2) is 6.71. The highest BCUT2D eigenvalue weighted by Gasteiger charge is 2.28. The number of carbonyl (C=O) groups excluding carboxylic acids is 1. The Labute approximate surface area is 140 Å². The van der Waals surface area contributed by atoms with E-state index in [1.54, 1.807) is 13.2 Å². The highest BCUT2D eigenvalue weighted by Crippen LogP contribution is 2.34. The Morgan fingerprint density at radius 2 is 2.17 bits per heavy atom. The molecule has 3 heterocycles. The molecule has 1 amide bonds. The number of rotatable bonds is 3. The summed E-state index contributed by atoms with van der Waals surface area (Å²) in [7, 11) is 3.55. The third kappa shape index (κ3) is 2.83. The topological polar surface area (TPSA) is 86.8 Å². The number of nitrogens with zero attached hydrogens (tertiary/aromatic N) is 5. The Bertz CT molecular complexity index is 773. The van der Waals surface area contributed by atoms with E-state index in [9.17, 15) is 4.79 Å². The predicted octanol–water partition coefficient (Wildman–Crippen LogP) is 1.78. The summed E-state index contributed by atoms with van der Waals surface area (Å²) in [6, 6.07) is 5.99. The number of amides is 1. The highest BCUT2D eigenvalue weighted by molar-refractivity contribution is 5.92. The second-order valence-corrected chi connectivity index (χ2v) is 5.86. The summed E-state index contributed by atoms with van der Waals surface area (Å²) < 4.78 is 1.94. The Morgan fingerprint density at radius 1 is 1.33 bits per heavy atom. The summed E-state index contributed by atoms with van der Waals surface area (Å²) >= 11 is 0. The van der Waals surface area contributed by atoms with Gasteiger partial charge in [0.05, 0.1) is 18.4 Å². The first kappa shape index (κ1) is 16.0. The number of hydrogen-bond donors (Lipinski definition) is 1. The normalized spacial score (nSPS) is 17.4. The molecule has 0 radical (unpaired) electrons. The van der Waals surface area contributed by atoms with Crippen LogP contribution in [0.15, 0.2) is 24.5 Å². The van der Waals surface area contributed by atoms with Crippen LogP contribution in [-0.4, -0.2) is 34.0 Å². The van der Waals surface area contributed by atoms with E-state index in [2.05, 4.69) is 20.2 Å². The Hall–Kier alpha value is -2.88. The van der Waals surface area contributed by atoms with Gasteiger partial charge in [0.25, 0.3) is 5.91 Å². The van der Waals surface area contributed by atoms with Crippen LogP contribution in [0.5, 0.6) is 0 Å². The lowest BCUT2D eigenvalue weighted by molar-refractivity contribution is 0.0954. The second-order valence-electron chi connectivity index (χ2n) is 5.86. The van der Waals surface area contributed by atoms with Crippen LogP contribution < -0.4 is 10.2 Å². The van der Waals surface area contributed by atoms with Crippen molar-refractivity contribution in [2.75, 3.05) is 18.5 Å². The largest absolute Gasteiger partial charge is 0.354 e. The molecule has 0 aromatic carbocycles. The molecule has 1 aliphatic heterocycles. The fraction of sp³-hybridized carbons (Fsp3) is 0.412. The van der Waals surface area contributed by atoms with Crippen molar-refractivity contribution in [1.29, 1.82) is 5.26 Å². The molecule has 1 fully saturated rings. The molecule has 2 aromatic rings. The minimum atomic E-state index is -0.0933. The van der Waals surface area contributed by atoms with E-state index in [1.807, 2.05) is 29.8 Å². The Balaban J connectivity index is 1.94. The van der Waals surface area contributed by atoms with Gasteiger partial charge in [0.1, 0.15) is 17.6 Å². The van der Waals surface area contributed by atoms with Crippen LogP contribution in [0.3, 0.4) is 0 Å². The van der Waals surface area contributed by atoms with Crippen molar-refractivity contribution < 1.29 is 4.79 Å². The summed E-state index contributed by atoms with van der Waals surface area (Å²) in [6.07, 6.45) is 6.37. The number of piperidine rings is 1. The minimum Gasteiger partial charge on any atom is -0.354 e. The van der Waals surface area contributed by atoms with Crippen LogP contribution in [-0.2, 0) is 7.05 Å². The maximum atomic E-state index is 12.0. The fourth-order valence-electron chi connectivity index (χ4n) is 3.26. The van der Waals surface area contributed by atoms with Crippen LogP contribution in [0.4, 0.5) is 5.82 Å². The lowest BCUT2D eigenvalue weighted by Crippen LogP contribution is -2.35. The van der Waals surface area contributed by atoms with Gasteiger partial charge in [-0.05, 0) is 31.4 Å². The quantitative estimate of drug-likeness (QED) is 0.930. The van der Waals surface area contributed by atoms with Crippen molar-refractivity contribution in [3.8, 4) is 6.07 Å². The summed E-state index contributed by atoms with van der Waals surface area (Å²) in [5.74, 6) is 0.672. The summed E-state index contributed by atoms with van der Waals surface area (Å²) in [6.45, 7) is 0.881. The minimum absolute atomic E-state index is 0.0933. The molecule has 7 nitrogen and oxygen atoms in total. The van der Waals surface area contributed by atoms with Crippen LogP contribution in [0.1, 0.15) is 47.2 Å². The first-order valence-electron chi connectivity index (χ1n) is 8.02. The van der Waals surface area contributed by atoms with Crippen molar-refractivity contribution >= 4 is 11.7 Å². The summed E-state index contributed by atoms with van der Waals surface area (Å²) in [5.41, 5.74) is 2.04. The smallest absolute Gasteiger partial charge is 0.267 e. The highest BCUT2D eigenvalue weighted by atomic mass is 16.1. The standard InChI is InChI=1S/C17H20N6O/c1-19-17(24)15-7-6-13(22(15)2)14-5-3-4-8-23(14)16-11-20-12(9-18)10-21-16/h6-7,10-11,14H,3-5,8H2,1-2H3,(H,19,24)/t14-/m1/s1. The lowest BCUT2D eigenvalue weighted by Gasteiger charge is -2.36. The van der Waals surface area contributed by atoms with Gasteiger partial charge in [0, 0.05) is 26.3 Å². The molecule has 24 heavy (non-hydrogen) atoms. The number of nitriles is 1. The third-order valence-electron chi connectivity index (χ3n) is 4.51. The average molecular weight is 324 g/mol. The monoisotopic (exact) mass is 324 g/mol. The molecule has 124 valence electrons. The zero-order valence-electron chi connectivity index (χ0n) is 13.9. The summed E-state index contributed by atoms with van der Waals surface area (Å²) in [5, 5.41) is 11.5. The number of aromatic nitrogens is 3. The van der Waals surface area contributed by atoms with Crippen molar-refractivity contribution in [2.24, 2.45) is 7.05 Å². The molecule has 0 spiro atoms. The molecular formula is C17H20N6O. The molecule has 7 heteroatoms. The van der Waals surface area contributed by atoms with Crippen LogP contribution >= 0.6 is 0 Å². The van der Waals surface area contributed by atoms with Gasteiger partial charge in [-0.15, -0.1) is 0 Å². The van der Waals surface area contributed by atoms with Crippen molar-refractivity contribution in [2.45, 2.75) is 25.3 Å². The molecule has 3 rings (SSSR count). The fourth-order valence-corrected chi connectivity index (χ4v) is 3.26. The first-order chi connectivity index (χ1) is 11.7. The number of anilines is 1. The van der Waals surface area contributed by atoms with Crippen molar-refractivity contribution in [1.82, 2.24) is 19.9 Å². The number of hydrogen-bond acceptors (Lipinski definition) is 5. The van der Waals surface area contributed by atoms with Crippen LogP contribution in [0.25, 0.3) is 0 Å². The van der Waals surface area contributed by atoms with Crippen LogP contribution in [0.2, 0.25) is 0 Å². The van der Waals surface area contributed by atoms with Gasteiger partial charge in [-0.1, -0.05) is 0 Å². The molecule has 1 saturated heterocycles. The van der Waals surface area contributed by atoms with Gasteiger partial charge in [0.15, 0.2) is 5.69 Å². The van der Waals surface area contributed by atoms with E-state index in [0.717, 1.165) is 37.3 Å². The SMILES string of the molecule is CNC(=O)c1ccc([C@H]2CCCCN2c2cnc(C#N)cn2)n1C. The van der Waals surface area contributed by atoms with E-state index >= 15 is 0 Å². The Kier molecular flexibility index (Phi) is 4.47. The van der Waals surface area contributed by atoms with E-state index < -0.39 is 0 Å². The molecule has 0 bridgehead atoms. The molecule has 0 aliphatic carbocycles. The van der Waals surface area contributed by atoms with Gasteiger partial charge in [-0.25, -0.2) is 9.97 Å². The van der Waals surface area contributed by atoms with Crippen molar-refractivity contribution in [3.05, 3.63) is 41.6 Å². The molecule has 2 aromatic heterocycles. The van der Waals surface area contributed by atoms with Gasteiger partial charge >= 0.3 is 0 Å². The van der Waals surface area contributed by atoms with E-state index in [-0.39, 0.29) is 11.9 Å². The molecule has 0 unspecified atom stereocenters. The molecule has 1 N–H and O–H groups in total.